The summed E-state index contributed by atoms with van der Waals surface area (Å²) in [5.74, 6) is 1.75. The monoisotopic (exact) mass is 315 g/mol. The molecular weight excluding hydrogens is 290 g/mol. The van der Waals surface area contributed by atoms with Gasteiger partial charge >= 0.3 is 5.97 Å². The van der Waals surface area contributed by atoms with Gasteiger partial charge in [0.15, 0.2) is 0 Å². The summed E-state index contributed by atoms with van der Waals surface area (Å²) in [6.07, 6.45) is 7.48. The molecule has 3 unspecified atom stereocenters. The van der Waals surface area contributed by atoms with E-state index in [1.165, 1.54) is 25.7 Å². The highest BCUT2D eigenvalue weighted by Gasteiger charge is 2.38. The van der Waals surface area contributed by atoms with Gasteiger partial charge in [-0.25, -0.2) is 4.79 Å². The third kappa shape index (κ3) is 3.92. The first kappa shape index (κ1) is 16.0. The predicted molar refractivity (Wildman–Crippen MR) is 88.3 cm³/mol. The highest BCUT2D eigenvalue weighted by molar-refractivity contribution is 5.89. The van der Waals surface area contributed by atoms with Crippen molar-refractivity contribution in [1.82, 2.24) is 5.32 Å². The zero-order chi connectivity index (χ0) is 16.2. The number of hydrogen-bond acceptors (Lipinski definition) is 2. The van der Waals surface area contributed by atoms with Crippen molar-refractivity contribution >= 4 is 11.9 Å². The van der Waals surface area contributed by atoms with Crippen molar-refractivity contribution in [2.24, 2.45) is 17.8 Å². The lowest BCUT2D eigenvalue weighted by Crippen LogP contribution is -2.27. The Morgan fingerprint density at radius 2 is 2.00 bits per heavy atom. The van der Waals surface area contributed by atoms with Crippen LogP contribution in [0.3, 0.4) is 0 Å². The number of hydrogen-bond donors (Lipinski definition) is 2. The van der Waals surface area contributed by atoms with Gasteiger partial charge in [-0.05, 0) is 61.5 Å². The molecule has 1 amide bonds. The highest BCUT2D eigenvalue weighted by Crippen LogP contribution is 2.49. The third-order valence-corrected chi connectivity index (χ3v) is 5.59. The molecule has 2 fully saturated rings. The second-order valence-electron chi connectivity index (χ2n) is 7.04. The van der Waals surface area contributed by atoms with Crippen LogP contribution in [0.25, 0.3) is 0 Å². The Balaban J connectivity index is 1.39. The molecule has 0 heterocycles. The van der Waals surface area contributed by atoms with Crippen molar-refractivity contribution in [3.63, 3.8) is 0 Å². The summed E-state index contributed by atoms with van der Waals surface area (Å²) in [7, 11) is 0. The lowest BCUT2D eigenvalue weighted by atomic mass is 9.86. The second kappa shape index (κ2) is 7.16. The summed E-state index contributed by atoms with van der Waals surface area (Å²) in [6, 6.07) is 6.90. The number of carboxylic acids is 1. The molecule has 23 heavy (non-hydrogen) atoms. The van der Waals surface area contributed by atoms with E-state index in [0.717, 1.165) is 36.3 Å². The number of aromatic carboxylic acids is 1. The normalized spacial score (nSPS) is 25.5. The van der Waals surface area contributed by atoms with Crippen LogP contribution in [-0.2, 0) is 11.2 Å². The average Bonchev–Trinajstić information content (AvgIpc) is 3.16. The summed E-state index contributed by atoms with van der Waals surface area (Å²) in [4.78, 5) is 23.1. The Hall–Kier alpha value is -1.84. The topological polar surface area (TPSA) is 66.4 Å². The number of fused-ring (bicyclic) bond motifs is 2. The van der Waals surface area contributed by atoms with Crippen molar-refractivity contribution in [3.8, 4) is 0 Å². The van der Waals surface area contributed by atoms with Crippen LogP contribution in [0.15, 0.2) is 24.3 Å². The maximum Gasteiger partial charge on any atom is 0.335 e. The summed E-state index contributed by atoms with van der Waals surface area (Å²) in [5.41, 5.74) is 1.02. The predicted octanol–water partition coefficient (Wildman–Crippen LogP) is 3.26. The van der Waals surface area contributed by atoms with Crippen LogP contribution in [-0.4, -0.2) is 23.5 Å². The molecule has 124 valence electrons. The van der Waals surface area contributed by atoms with E-state index >= 15 is 0 Å². The number of rotatable bonds is 7. The van der Waals surface area contributed by atoms with E-state index in [1.807, 2.05) is 6.07 Å². The second-order valence-corrected chi connectivity index (χ2v) is 7.04. The van der Waals surface area contributed by atoms with E-state index in [-0.39, 0.29) is 5.91 Å². The number of carbonyl (C=O) groups is 2. The number of amides is 1. The molecule has 2 saturated carbocycles. The molecule has 0 aromatic heterocycles. The van der Waals surface area contributed by atoms with Gasteiger partial charge in [-0.3, -0.25) is 4.79 Å². The Bertz CT molecular complexity index is 584. The molecule has 0 spiro atoms. The van der Waals surface area contributed by atoms with Crippen LogP contribution in [0.1, 0.15) is 54.4 Å². The summed E-state index contributed by atoms with van der Waals surface area (Å²) in [5, 5.41) is 12.1. The molecule has 1 aromatic rings. The van der Waals surface area contributed by atoms with Gasteiger partial charge in [-0.15, -0.1) is 0 Å². The van der Waals surface area contributed by atoms with Gasteiger partial charge in [-0.2, -0.15) is 0 Å². The maximum atomic E-state index is 12.0. The van der Waals surface area contributed by atoms with Crippen molar-refractivity contribution in [2.75, 3.05) is 6.54 Å². The molecule has 2 N–H and O–H groups in total. The van der Waals surface area contributed by atoms with Crippen LogP contribution in [0.5, 0.6) is 0 Å². The Morgan fingerprint density at radius 3 is 2.70 bits per heavy atom. The first-order chi connectivity index (χ1) is 11.1. The highest BCUT2D eigenvalue weighted by atomic mass is 16.4. The Labute approximate surface area is 137 Å². The first-order valence-electron chi connectivity index (χ1n) is 8.71. The van der Waals surface area contributed by atoms with Crippen LogP contribution in [0.4, 0.5) is 0 Å². The SMILES string of the molecule is O=C(CCc1ccccc1C(=O)O)NCCC1CC2CCC1C2. The van der Waals surface area contributed by atoms with E-state index in [2.05, 4.69) is 5.32 Å². The summed E-state index contributed by atoms with van der Waals surface area (Å²) in [6.45, 7) is 0.757. The Morgan fingerprint density at radius 1 is 1.17 bits per heavy atom. The molecule has 4 heteroatoms. The van der Waals surface area contributed by atoms with Crippen LogP contribution in [0.2, 0.25) is 0 Å². The van der Waals surface area contributed by atoms with E-state index in [9.17, 15) is 9.59 Å². The minimum absolute atomic E-state index is 0.0216. The summed E-state index contributed by atoms with van der Waals surface area (Å²) < 4.78 is 0. The summed E-state index contributed by atoms with van der Waals surface area (Å²) >= 11 is 0. The van der Waals surface area contributed by atoms with Gasteiger partial charge in [0.25, 0.3) is 0 Å². The van der Waals surface area contributed by atoms with Gasteiger partial charge in [0.2, 0.25) is 5.91 Å². The quantitative estimate of drug-likeness (QED) is 0.811. The van der Waals surface area contributed by atoms with Crippen LogP contribution >= 0.6 is 0 Å². The fraction of sp³-hybridized carbons (Fsp3) is 0.579. The lowest BCUT2D eigenvalue weighted by molar-refractivity contribution is -0.121. The van der Waals surface area contributed by atoms with Crippen molar-refractivity contribution in [1.29, 1.82) is 0 Å². The molecule has 0 aliphatic heterocycles. The van der Waals surface area contributed by atoms with Crippen LogP contribution < -0.4 is 5.32 Å². The van der Waals surface area contributed by atoms with E-state index in [1.54, 1.807) is 18.2 Å². The fourth-order valence-electron chi connectivity index (χ4n) is 4.41. The number of aryl methyl sites for hydroxylation is 1. The van der Waals surface area contributed by atoms with Crippen LogP contribution in [0, 0.1) is 17.8 Å². The van der Waals surface area contributed by atoms with Crippen molar-refractivity contribution < 1.29 is 14.7 Å². The fourth-order valence-corrected chi connectivity index (χ4v) is 4.41. The number of nitrogens with one attached hydrogen (secondary N) is 1. The molecule has 3 rings (SSSR count). The molecule has 1 aromatic carbocycles. The molecule has 2 bridgehead atoms. The lowest BCUT2D eigenvalue weighted by Gasteiger charge is -2.21. The van der Waals surface area contributed by atoms with Gasteiger partial charge in [0.05, 0.1) is 5.56 Å². The molecule has 0 radical (unpaired) electrons. The minimum atomic E-state index is -0.933. The molecule has 3 atom stereocenters. The molecule has 2 aliphatic carbocycles. The van der Waals surface area contributed by atoms with Gasteiger partial charge in [-0.1, -0.05) is 24.6 Å². The van der Waals surface area contributed by atoms with Gasteiger partial charge in [0, 0.05) is 13.0 Å². The molecular formula is C19H25NO3. The van der Waals surface area contributed by atoms with E-state index in [0.29, 0.717) is 18.4 Å². The number of carbonyl (C=O) groups excluding carboxylic acids is 1. The molecule has 4 nitrogen and oxygen atoms in total. The largest absolute Gasteiger partial charge is 0.478 e. The molecule has 0 saturated heterocycles. The molecule has 2 aliphatic rings. The minimum Gasteiger partial charge on any atom is -0.478 e. The average molecular weight is 315 g/mol. The van der Waals surface area contributed by atoms with Crippen molar-refractivity contribution in [2.45, 2.75) is 44.9 Å². The van der Waals surface area contributed by atoms with Gasteiger partial charge in [0.1, 0.15) is 0 Å². The smallest absolute Gasteiger partial charge is 0.335 e. The van der Waals surface area contributed by atoms with Gasteiger partial charge < -0.3 is 10.4 Å². The van der Waals surface area contributed by atoms with Crippen molar-refractivity contribution in [3.05, 3.63) is 35.4 Å². The number of carboxylic acid groups (broad SMARTS) is 1. The van der Waals surface area contributed by atoms with E-state index < -0.39 is 5.97 Å². The maximum absolute atomic E-state index is 12.0. The third-order valence-electron chi connectivity index (χ3n) is 5.59. The van der Waals surface area contributed by atoms with E-state index in [4.69, 9.17) is 5.11 Å². The zero-order valence-corrected chi connectivity index (χ0v) is 13.5. The Kier molecular flexibility index (Phi) is 4.99. The first-order valence-corrected chi connectivity index (χ1v) is 8.71. The standard InChI is InChI=1S/C19H25NO3/c21-18(8-7-14-3-1-2-4-17(14)19(22)23)20-10-9-16-12-13-5-6-15(16)11-13/h1-4,13,15-16H,5-12H2,(H,20,21)(H,22,23). The number of benzene rings is 1. The zero-order valence-electron chi connectivity index (χ0n) is 13.5.